The van der Waals surface area contributed by atoms with E-state index in [0.29, 0.717) is 29.5 Å². The summed E-state index contributed by atoms with van der Waals surface area (Å²) in [7, 11) is 0.720. The van der Waals surface area contributed by atoms with Crippen LogP contribution in [0.15, 0.2) is 71.6 Å². The number of hydrogen-bond acceptors (Lipinski definition) is 6. The number of nitrogens with zero attached hydrogens (tertiary/aromatic N) is 2. The summed E-state index contributed by atoms with van der Waals surface area (Å²) in [5.74, 6) is 1.38. The van der Waals surface area contributed by atoms with Gasteiger partial charge in [0.25, 0.3) is 10.0 Å². The third-order valence-corrected chi connectivity index (χ3v) is 7.41. The van der Waals surface area contributed by atoms with E-state index in [1.165, 1.54) is 4.90 Å². The van der Waals surface area contributed by atoms with Gasteiger partial charge in [0, 0.05) is 13.6 Å². The Balaban J connectivity index is 1.89. The van der Waals surface area contributed by atoms with Gasteiger partial charge in [-0.05, 0) is 67.9 Å². The maximum absolute atomic E-state index is 13.6. The van der Waals surface area contributed by atoms with Gasteiger partial charge in [0.15, 0.2) is 11.5 Å². The SMILES string of the molecule is CCOc1ccc(N(CC(=O)N(C)Cc2ccc(OC)c(OC)c2)S(=O)(=O)c2ccc(C)cc2)cc1. The van der Waals surface area contributed by atoms with Crippen LogP contribution < -0.4 is 18.5 Å². The van der Waals surface area contributed by atoms with Gasteiger partial charge in [0.2, 0.25) is 5.91 Å². The Morgan fingerprint density at radius 3 is 2.11 bits per heavy atom. The van der Waals surface area contributed by atoms with Crippen molar-refractivity contribution in [1.29, 1.82) is 0 Å². The number of aryl methyl sites for hydroxylation is 1. The van der Waals surface area contributed by atoms with Gasteiger partial charge < -0.3 is 19.1 Å². The van der Waals surface area contributed by atoms with Crippen molar-refractivity contribution in [2.75, 3.05) is 38.7 Å². The lowest BCUT2D eigenvalue weighted by Crippen LogP contribution is -2.41. The molecule has 3 aromatic carbocycles. The number of likely N-dealkylation sites (N-methyl/N-ethyl adjacent to an activating group) is 1. The molecule has 0 radical (unpaired) electrons. The van der Waals surface area contributed by atoms with Crippen molar-refractivity contribution in [3.63, 3.8) is 0 Å². The van der Waals surface area contributed by atoms with Crippen LogP contribution in [-0.4, -0.2) is 53.6 Å². The van der Waals surface area contributed by atoms with Crippen molar-refractivity contribution in [2.45, 2.75) is 25.3 Å². The summed E-state index contributed by atoms with van der Waals surface area (Å²) in [4.78, 5) is 14.8. The number of methoxy groups -OCH3 is 2. The molecule has 0 saturated heterocycles. The molecule has 0 aromatic heterocycles. The summed E-state index contributed by atoms with van der Waals surface area (Å²) in [6, 6.07) is 18.6. The molecule has 0 bridgehead atoms. The van der Waals surface area contributed by atoms with Crippen molar-refractivity contribution in [1.82, 2.24) is 4.90 Å². The van der Waals surface area contributed by atoms with E-state index in [2.05, 4.69) is 0 Å². The van der Waals surface area contributed by atoms with E-state index < -0.39 is 10.0 Å². The third kappa shape index (κ3) is 6.28. The fraction of sp³-hybridized carbons (Fsp3) is 0.296. The highest BCUT2D eigenvalue weighted by molar-refractivity contribution is 7.92. The lowest BCUT2D eigenvalue weighted by atomic mass is 10.2. The Morgan fingerprint density at radius 2 is 1.53 bits per heavy atom. The number of benzene rings is 3. The number of carbonyl (C=O) groups is 1. The van der Waals surface area contributed by atoms with Gasteiger partial charge in [0.1, 0.15) is 12.3 Å². The number of amides is 1. The van der Waals surface area contributed by atoms with Crippen molar-refractivity contribution in [3.05, 3.63) is 77.9 Å². The maximum atomic E-state index is 13.6. The fourth-order valence-electron chi connectivity index (χ4n) is 3.61. The molecule has 0 aliphatic rings. The summed E-state index contributed by atoms with van der Waals surface area (Å²) in [5.41, 5.74) is 2.12. The summed E-state index contributed by atoms with van der Waals surface area (Å²) in [6.45, 7) is 4.14. The normalized spacial score (nSPS) is 11.0. The zero-order valence-electron chi connectivity index (χ0n) is 21.2. The monoisotopic (exact) mass is 512 g/mol. The number of rotatable bonds is 11. The first-order valence-corrected chi connectivity index (χ1v) is 12.9. The van der Waals surface area contributed by atoms with Crippen LogP contribution in [0.4, 0.5) is 5.69 Å². The van der Waals surface area contributed by atoms with Gasteiger partial charge in [-0.3, -0.25) is 9.10 Å². The van der Waals surface area contributed by atoms with Crippen LogP contribution in [0, 0.1) is 6.92 Å². The first-order chi connectivity index (χ1) is 17.2. The van der Waals surface area contributed by atoms with Crippen molar-refractivity contribution in [3.8, 4) is 17.2 Å². The molecule has 0 fully saturated rings. The summed E-state index contributed by atoms with van der Waals surface area (Å²) in [5, 5.41) is 0. The van der Waals surface area contributed by atoms with Crippen LogP contribution in [0.1, 0.15) is 18.1 Å². The molecule has 1 amide bonds. The lowest BCUT2D eigenvalue weighted by Gasteiger charge is -2.27. The number of sulfonamides is 1. The molecule has 0 heterocycles. The predicted octanol–water partition coefficient (Wildman–Crippen LogP) is 4.26. The molecule has 0 aliphatic carbocycles. The second-order valence-electron chi connectivity index (χ2n) is 8.19. The highest BCUT2D eigenvalue weighted by Gasteiger charge is 2.28. The number of hydrogen-bond donors (Lipinski definition) is 0. The van der Waals surface area contributed by atoms with Gasteiger partial charge >= 0.3 is 0 Å². The van der Waals surface area contributed by atoms with E-state index in [-0.39, 0.29) is 23.9 Å². The minimum atomic E-state index is -4.01. The fourth-order valence-corrected chi connectivity index (χ4v) is 5.03. The highest BCUT2D eigenvalue weighted by Crippen LogP contribution is 2.29. The van der Waals surface area contributed by atoms with Crippen LogP contribution in [0.2, 0.25) is 0 Å². The quantitative estimate of drug-likeness (QED) is 0.382. The topological polar surface area (TPSA) is 85.4 Å². The predicted molar refractivity (Wildman–Crippen MR) is 139 cm³/mol. The lowest BCUT2D eigenvalue weighted by molar-refractivity contribution is -0.128. The third-order valence-electron chi connectivity index (χ3n) is 5.62. The van der Waals surface area contributed by atoms with Crippen LogP contribution in [-0.2, 0) is 21.4 Å². The van der Waals surface area contributed by atoms with Gasteiger partial charge in [-0.2, -0.15) is 0 Å². The molecule has 0 atom stereocenters. The Kier molecular flexibility index (Phi) is 8.82. The average molecular weight is 513 g/mol. The smallest absolute Gasteiger partial charge is 0.264 e. The highest BCUT2D eigenvalue weighted by atomic mass is 32.2. The molecule has 0 saturated carbocycles. The molecular formula is C27H32N2O6S. The molecular weight excluding hydrogens is 480 g/mol. The van der Waals surface area contributed by atoms with E-state index in [4.69, 9.17) is 14.2 Å². The molecule has 9 heteroatoms. The van der Waals surface area contributed by atoms with Crippen LogP contribution in [0.25, 0.3) is 0 Å². The summed E-state index contributed by atoms with van der Waals surface area (Å²) in [6.07, 6.45) is 0. The molecule has 0 unspecified atom stereocenters. The van der Waals surface area contributed by atoms with Crippen molar-refractivity contribution in [2.24, 2.45) is 0 Å². The largest absolute Gasteiger partial charge is 0.494 e. The van der Waals surface area contributed by atoms with Gasteiger partial charge in [-0.1, -0.05) is 23.8 Å². The zero-order valence-corrected chi connectivity index (χ0v) is 22.0. The number of ether oxygens (including phenoxy) is 3. The number of anilines is 1. The Bertz CT molecular complexity index is 1270. The molecule has 8 nitrogen and oxygen atoms in total. The zero-order chi connectivity index (χ0) is 26.3. The Hall–Kier alpha value is -3.72. The minimum Gasteiger partial charge on any atom is -0.494 e. The Morgan fingerprint density at radius 1 is 0.889 bits per heavy atom. The van der Waals surface area contributed by atoms with Crippen LogP contribution in [0.5, 0.6) is 17.2 Å². The second kappa shape index (κ2) is 11.8. The number of carbonyl (C=O) groups excluding carboxylic acids is 1. The molecule has 0 spiro atoms. The second-order valence-corrected chi connectivity index (χ2v) is 10.1. The standard InChI is InChI=1S/C27H32N2O6S/c1-6-35-23-12-10-22(11-13-23)29(36(31,32)24-14-7-20(2)8-15-24)19-27(30)28(3)18-21-9-16-25(33-4)26(17-21)34-5/h7-17H,6,18-19H2,1-5H3. The molecule has 0 aliphatic heterocycles. The van der Waals surface area contributed by atoms with Crippen LogP contribution >= 0.6 is 0 Å². The van der Waals surface area contributed by atoms with Crippen LogP contribution in [0.3, 0.4) is 0 Å². The molecule has 3 aromatic rings. The molecule has 0 N–H and O–H groups in total. The first-order valence-electron chi connectivity index (χ1n) is 11.5. The van der Waals surface area contributed by atoms with E-state index in [1.54, 1.807) is 81.9 Å². The maximum Gasteiger partial charge on any atom is 0.264 e. The van der Waals surface area contributed by atoms with E-state index >= 15 is 0 Å². The summed E-state index contributed by atoms with van der Waals surface area (Å²) < 4.78 is 44.5. The molecule has 36 heavy (non-hydrogen) atoms. The minimum absolute atomic E-state index is 0.109. The van der Waals surface area contributed by atoms with E-state index in [1.807, 2.05) is 19.9 Å². The van der Waals surface area contributed by atoms with E-state index in [0.717, 1.165) is 15.4 Å². The molecule has 192 valence electrons. The first kappa shape index (κ1) is 26.9. The Labute approximate surface area is 213 Å². The molecule has 3 rings (SSSR count). The van der Waals surface area contributed by atoms with Crippen molar-refractivity contribution >= 4 is 21.6 Å². The van der Waals surface area contributed by atoms with Gasteiger partial charge in [0.05, 0.1) is 31.4 Å². The van der Waals surface area contributed by atoms with Gasteiger partial charge in [-0.15, -0.1) is 0 Å². The van der Waals surface area contributed by atoms with Crippen molar-refractivity contribution < 1.29 is 27.4 Å². The average Bonchev–Trinajstić information content (AvgIpc) is 2.88. The van der Waals surface area contributed by atoms with E-state index in [9.17, 15) is 13.2 Å². The van der Waals surface area contributed by atoms with Gasteiger partial charge in [-0.25, -0.2) is 8.42 Å². The summed E-state index contributed by atoms with van der Waals surface area (Å²) >= 11 is 0.